The summed E-state index contributed by atoms with van der Waals surface area (Å²) in [7, 11) is 1.67. The monoisotopic (exact) mass is 277 g/mol. The van der Waals surface area contributed by atoms with Crippen LogP contribution in [0.3, 0.4) is 0 Å². The van der Waals surface area contributed by atoms with E-state index in [0.29, 0.717) is 12.6 Å². The van der Waals surface area contributed by atoms with Crippen molar-refractivity contribution in [3.8, 4) is 11.5 Å². The van der Waals surface area contributed by atoms with Gasteiger partial charge in [-0.2, -0.15) is 0 Å². The van der Waals surface area contributed by atoms with Crippen LogP contribution >= 0.6 is 0 Å². The molecule has 0 bridgehead atoms. The molecule has 1 aliphatic carbocycles. The minimum absolute atomic E-state index is 0.651. The maximum absolute atomic E-state index is 5.74. The highest BCUT2D eigenvalue weighted by Crippen LogP contribution is 2.29. The highest BCUT2D eigenvalue weighted by atomic mass is 16.5. The number of nitrogens with one attached hydrogen (secondary N) is 1. The molecule has 20 heavy (non-hydrogen) atoms. The molecule has 0 unspecified atom stereocenters. The van der Waals surface area contributed by atoms with Crippen LogP contribution in [0.4, 0.5) is 0 Å². The maximum atomic E-state index is 5.74. The molecule has 1 N–H and O–H groups in total. The van der Waals surface area contributed by atoms with Crippen LogP contribution in [-0.2, 0) is 0 Å². The molecule has 1 aliphatic rings. The molecule has 3 atom stereocenters. The van der Waals surface area contributed by atoms with Crippen LogP contribution in [0.2, 0.25) is 0 Å². The summed E-state index contributed by atoms with van der Waals surface area (Å²) in [6.07, 6.45) is 4.03. The largest absolute Gasteiger partial charge is 0.497 e. The van der Waals surface area contributed by atoms with Gasteiger partial charge in [0.25, 0.3) is 0 Å². The third kappa shape index (κ3) is 4.14. The molecule has 1 aromatic rings. The number of rotatable bonds is 6. The second-order valence-corrected chi connectivity index (χ2v) is 5.85. The molecule has 2 rings (SSSR count). The van der Waals surface area contributed by atoms with Gasteiger partial charge in [-0.1, -0.05) is 26.7 Å². The SMILES string of the molecule is COc1ccc(OCCN[C@@H]2CCC[C@H](C)[C@@H]2C)cc1. The number of benzene rings is 1. The van der Waals surface area contributed by atoms with Crippen molar-refractivity contribution >= 4 is 0 Å². The van der Waals surface area contributed by atoms with Crippen molar-refractivity contribution in [2.45, 2.75) is 39.2 Å². The topological polar surface area (TPSA) is 30.5 Å². The summed E-state index contributed by atoms with van der Waals surface area (Å²) in [5, 5.41) is 3.64. The van der Waals surface area contributed by atoms with E-state index in [1.807, 2.05) is 24.3 Å². The average Bonchev–Trinajstić information content (AvgIpc) is 2.48. The predicted molar refractivity (Wildman–Crippen MR) is 82.5 cm³/mol. The highest BCUT2D eigenvalue weighted by Gasteiger charge is 2.26. The second-order valence-electron chi connectivity index (χ2n) is 5.85. The highest BCUT2D eigenvalue weighted by molar-refractivity contribution is 5.31. The molecule has 1 aromatic carbocycles. The molecule has 3 nitrogen and oxygen atoms in total. The Morgan fingerprint density at radius 3 is 2.50 bits per heavy atom. The molecule has 0 amide bonds. The van der Waals surface area contributed by atoms with Gasteiger partial charge in [-0.15, -0.1) is 0 Å². The zero-order valence-electron chi connectivity index (χ0n) is 12.9. The van der Waals surface area contributed by atoms with Gasteiger partial charge in [0, 0.05) is 12.6 Å². The number of hydrogen-bond donors (Lipinski definition) is 1. The third-order valence-corrected chi connectivity index (χ3v) is 4.54. The van der Waals surface area contributed by atoms with Crippen molar-refractivity contribution < 1.29 is 9.47 Å². The lowest BCUT2D eigenvalue weighted by atomic mass is 9.78. The van der Waals surface area contributed by atoms with E-state index in [-0.39, 0.29) is 0 Å². The minimum Gasteiger partial charge on any atom is -0.497 e. The van der Waals surface area contributed by atoms with Crippen LogP contribution in [0.25, 0.3) is 0 Å². The Morgan fingerprint density at radius 2 is 1.80 bits per heavy atom. The molecule has 1 fully saturated rings. The molecule has 1 saturated carbocycles. The Kier molecular flexibility index (Phi) is 5.72. The molecule has 3 heteroatoms. The van der Waals surface area contributed by atoms with Crippen molar-refractivity contribution in [3.63, 3.8) is 0 Å². The van der Waals surface area contributed by atoms with E-state index in [1.165, 1.54) is 19.3 Å². The first kappa shape index (κ1) is 15.2. The molecule has 0 aliphatic heterocycles. The van der Waals surface area contributed by atoms with E-state index in [0.717, 1.165) is 29.9 Å². The zero-order chi connectivity index (χ0) is 14.4. The van der Waals surface area contributed by atoms with Crippen molar-refractivity contribution in [1.82, 2.24) is 5.32 Å². The van der Waals surface area contributed by atoms with Crippen LogP contribution in [0.15, 0.2) is 24.3 Å². The van der Waals surface area contributed by atoms with Gasteiger partial charge in [0.05, 0.1) is 7.11 Å². The minimum atomic E-state index is 0.651. The summed E-state index contributed by atoms with van der Waals surface area (Å²) in [6, 6.07) is 8.40. The van der Waals surface area contributed by atoms with Crippen LogP contribution < -0.4 is 14.8 Å². The molecular weight excluding hydrogens is 250 g/mol. The summed E-state index contributed by atoms with van der Waals surface area (Å²) in [5.41, 5.74) is 0. The standard InChI is InChI=1S/C17H27NO2/c1-13-5-4-6-17(14(13)2)18-11-12-20-16-9-7-15(19-3)8-10-16/h7-10,13-14,17-18H,4-6,11-12H2,1-3H3/t13-,14-,17+/m0/s1. The van der Waals surface area contributed by atoms with E-state index in [4.69, 9.17) is 9.47 Å². The van der Waals surface area contributed by atoms with E-state index in [9.17, 15) is 0 Å². The van der Waals surface area contributed by atoms with Gasteiger partial charge in [-0.25, -0.2) is 0 Å². The Labute approximate surface area is 122 Å². The van der Waals surface area contributed by atoms with Gasteiger partial charge in [-0.05, 0) is 42.5 Å². The van der Waals surface area contributed by atoms with Crippen molar-refractivity contribution in [2.75, 3.05) is 20.3 Å². The molecule has 0 spiro atoms. The Bertz CT molecular complexity index is 390. The van der Waals surface area contributed by atoms with E-state index in [1.54, 1.807) is 7.11 Å². The quantitative estimate of drug-likeness (QED) is 0.807. The third-order valence-electron chi connectivity index (χ3n) is 4.54. The molecule has 112 valence electrons. The summed E-state index contributed by atoms with van der Waals surface area (Å²) in [4.78, 5) is 0. The second kappa shape index (κ2) is 7.53. The normalized spacial score (nSPS) is 26.2. The van der Waals surface area contributed by atoms with Gasteiger partial charge < -0.3 is 14.8 Å². The molecule has 0 aromatic heterocycles. The average molecular weight is 277 g/mol. The summed E-state index contributed by atoms with van der Waals surface area (Å²) >= 11 is 0. The van der Waals surface area contributed by atoms with Gasteiger partial charge in [0.2, 0.25) is 0 Å². The summed E-state index contributed by atoms with van der Waals surface area (Å²) in [6.45, 7) is 6.36. The van der Waals surface area contributed by atoms with Gasteiger partial charge in [0.1, 0.15) is 18.1 Å². The van der Waals surface area contributed by atoms with Crippen LogP contribution in [0, 0.1) is 11.8 Å². The van der Waals surface area contributed by atoms with E-state index in [2.05, 4.69) is 19.2 Å². The van der Waals surface area contributed by atoms with Gasteiger partial charge in [0.15, 0.2) is 0 Å². The first-order chi connectivity index (χ1) is 9.70. The number of hydrogen-bond acceptors (Lipinski definition) is 3. The zero-order valence-corrected chi connectivity index (χ0v) is 12.9. The molecule has 0 heterocycles. The number of ether oxygens (including phenoxy) is 2. The number of methoxy groups -OCH3 is 1. The summed E-state index contributed by atoms with van der Waals surface area (Å²) in [5.74, 6) is 3.37. The Balaban J connectivity index is 1.68. The Morgan fingerprint density at radius 1 is 1.10 bits per heavy atom. The molecular formula is C17H27NO2. The smallest absolute Gasteiger partial charge is 0.119 e. The first-order valence-electron chi connectivity index (χ1n) is 7.71. The van der Waals surface area contributed by atoms with Gasteiger partial charge >= 0.3 is 0 Å². The van der Waals surface area contributed by atoms with Crippen molar-refractivity contribution in [2.24, 2.45) is 11.8 Å². The van der Waals surface area contributed by atoms with Crippen LogP contribution in [0.1, 0.15) is 33.1 Å². The maximum Gasteiger partial charge on any atom is 0.119 e. The first-order valence-corrected chi connectivity index (χ1v) is 7.71. The van der Waals surface area contributed by atoms with E-state index >= 15 is 0 Å². The fourth-order valence-electron chi connectivity index (χ4n) is 2.96. The molecule has 0 radical (unpaired) electrons. The summed E-state index contributed by atoms with van der Waals surface area (Å²) < 4.78 is 10.9. The lowest BCUT2D eigenvalue weighted by Crippen LogP contribution is -2.42. The van der Waals surface area contributed by atoms with Crippen molar-refractivity contribution in [3.05, 3.63) is 24.3 Å². The molecule has 0 saturated heterocycles. The van der Waals surface area contributed by atoms with Gasteiger partial charge in [-0.3, -0.25) is 0 Å². The lowest BCUT2D eigenvalue weighted by Gasteiger charge is -2.34. The Hall–Kier alpha value is -1.22. The van der Waals surface area contributed by atoms with E-state index < -0.39 is 0 Å². The van der Waals surface area contributed by atoms with Crippen LogP contribution in [0.5, 0.6) is 11.5 Å². The lowest BCUT2D eigenvalue weighted by molar-refractivity contribution is 0.197. The fraction of sp³-hybridized carbons (Fsp3) is 0.647. The van der Waals surface area contributed by atoms with Crippen molar-refractivity contribution in [1.29, 1.82) is 0 Å². The fourth-order valence-corrected chi connectivity index (χ4v) is 2.96. The predicted octanol–water partition coefficient (Wildman–Crippen LogP) is 3.49. The van der Waals surface area contributed by atoms with Crippen LogP contribution in [-0.4, -0.2) is 26.3 Å².